The zero-order chi connectivity index (χ0) is 19.2. The monoisotopic (exact) mass is 368 g/mol. The molecule has 144 valence electrons. The molecule has 1 aliphatic rings. The molecule has 7 nitrogen and oxygen atoms in total. The lowest BCUT2D eigenvalue weighted by molar-refractivity contribution is 0.0741. The molecule has 1 amide bonds. The van der Waals surface area contributed by atoms with E-state index in [1.807, 2.05) is 19.0 Å². The summed E-state index contributed by atoms with van der Waals surface area (Å²) in [4.78, 5) is 27.7. The molecule has 1 aliphatic heterocycles. The van der Waals surface area contributed by atoms with Crippen LogP contribution in [0.15, 0.2) is 36.5 Å². The van der Waals surface area contributed by atoms with Gasteiger partial charge in [-0.05, 0) is 44.8 Å². The Morgan fingerprint density at radius 1 is 1.19 bits per heavy atom. The van der Waals surface area contributed by atoms with Crippen LogP contribution in [0.5, 0.6) is 0 Å². The second kappa shape index (κ2) is 8.81. The molecular formula is C20H28N6O. The van der Waals surface area contributed by atoms with Gasteiger partial charge in [0, 0.05) is 51.2 Å². The molecule has 0 spiro atoms. The standard InChI is InChI=1S/C20H28N6O/c1-16-5-4-6-17(15-16)25-11-13-26(14-12-25)19(27)18-7-8-21-20(23-18)22-9-10-24(2)3/h4-8,15H,9-14H2,1-3H3,(H,21,22,23). The van der Waals surface area contributed by atoms with Gasteiger partial charge in [0.15, 0.2) is 0 Å². The van der Waals surface area contributed by atoms with Crippen LogP contribution in [-0.4, -0.2) is 79.0 Å². The van der Waals surface area contributed by atoms with Crippen molar-refractivity contribution in [3.8, 4) is 0 Å². The third-order valence-corrected chi connectivity index (χ3v) is 4.65. The number of likely N-dealkylation sites (N-methyl/N-ethyl adjacent to an activating group) is 1. The Hall–Kier alpha value is -2.67. The largest absolute Gasteiger partial charge is 0.368 e. The highest BCUT2D eigenvalue weighted by Gasteiger charge is 2.23. The summed E-state index contributed by atoms with van der Waals surface area (Å²) in [5.74, 6) is 0.470. The third kappa shape index (κ3) is 5.17. The molecule has 2 heterocycles. The Morgan fingerprint density at radius 3 is 2.67 bits per heavy atom. The number of rotatable bonds is 6. The molecule has 0 bridgehead atoms. The van der Waals surface area contributed by atoms with Crippen molar-refractivity contribution in [1.29, 1.82) is 0 Å². The van der Waals surface area contributed by atoms with E-state index in [0.29, 0.717) is 24.7 Å². The topological polar surface area (TPSA) is 64.6 Å². The highest BCUT2D eigenvalue weighted by molar-refractivity contribution is 5.92. The normalized spacial score (nSPS) is 14.5. The Morgan fingerprint density at radius 2 is 1.96 bits per heavy atom. The first kappa shape index (κ1) is 19.1. The van der Waals surface area contributed by atoms with Gasteiger partial charge in [0.05, 0.1) is 0 Å². The maximum Gasteiger partial charge on any atom is 0.272 e. The molecule has 7 heteroatoms. The van der Waals surface area contributed by atoms with Gasteiger partial charge in [-0.3, -0.25) is 4.79 Å². The predicted molar refractivity (Wildman–Crippen MR) is 108 cm³/mol. The number of hydrogen-bond acceptors (Lipinski definition) is 6. The lowest BCUT2D eigenvalue weighted by atomic mass is 10.2. The molecular weight excluding hydrogens is 340 g/mol. The van der Waals surface area contributed by atoms with Gasteiger partial charge in [0.2, 0.25) is 5.95 Å². The van der Waals surface area contributed by atoms with Crippen LogP contribution in [0.4, 0.5) is 11.6 Å². The molecule has 1 N–H and O–H groups in total. The van der Waals surface area contributed by atoms with Crippen LogP contribution < -0.4 is 10.2 Å². The number of aryl methyl sites for hydroxylation is 1. The van der Waals surface area contributed by atoms with Crippen molar-refractivity contribution in [2.45, 2.75) is 6.92 Å². The fourth-order valence-corrected chi connectivity index (χ4v) is 3.11. The lowest BCUT2D eigenvalue weighted by Gasteiger charge is -2.36. The first-order valence-electron chi connectivity index (χ1n) is 9.35. The van der Waals surface area contributed by atoms with Crippen molar-refractivity contribution in [3.63, 3.8) is 0 Å². The van der Waals surface area contributed by atoms with Crippen LogP contribution in [0.3, 0.4) is 0 Å². The SMILES string of the molecule is Cc1cccc(N2CCN(C(=O)c3ccnc(NCCN(C)C)n3)CC2)c1. The molecule has 1 aromatic carbocycles. The quantitative estimate of drug-likeness (QED) is 0.838. The molecule has 0 atom stereocenters. The van der Waals surface area contributed by atoms with Gasteiger partial charge >= 0.3 is 0 Å². The number of carbonyl (C=O) groups excluding carboxylic acids is 1. The zero-order valence-corrected chi connectivity index (χ0v) is 16.4. The summed E-state index contributed by atoms with van der Waals surface area (Å²) >= 11 is 0. The van der Waals surface area contributed by atoms with Crippen molar-refractivity contribution in [2.24, 2.45) is 0 Å². The average molecular weight is 368 g/mol. The van der Waals surface area contributed by atoms with Crippen molar-refractivity contribution >= 4 is 17.5 Å². The number of carbonyl (C=O) groups is 1. The molecule has 3 rings (SSSR count). The van der Waals surface area contributed by atoms with E-state index in [9.17, 15) is 4.79 Å². The predicted octanol–water partition coefficient (Wildman–Crippen LogP) is 1.72. The summed E-state index contributed by atoms with van der Waals surface area (Å²) in [6.45, 7) is 6.76. The summed E-state index contributed by atoms with van der Waals surface area (Å²) in [6.07, 6.45) is 1.64. The first-order chi connectivity index (χ1) is 13.0. The van der Waals surface area contributed by atoms with E-state index in [2.05, 4.69) is 56.3 Å². The Kier molecular flexibility index (Phi) is 6.24. The van der Waals surface area contributed by atoms with E-state index in [0.717, 1.165) is 26.2 Å². The minimum Gasteiger partial charge on any atom is -0.368 e. The van der Waals surface area contributed by atoms with Gasteiger partial charge in [-0.1, -0.05) is 12.1 Å². The van der Waals surface area contributed by atoms with Crippen LogP contribution in [0.25, 0.3) is 0 Å². The summed E-state index contributed by atoms with van der Waals surface area (Å²) in [6, 6.07) is 10.2. The maximum atomic E-state index is 12.8. The van der Waals surface area contributed by atoms with Crippen LogP contribution in [-0.2, 0) is 0 Å². The number of nitrogens with zero attached hydrogens (tertiary/aromatic N) is 5. The maximum absolute atomic E-state index is 12.8. The molecule has 1 saturated heterocycles. The van der Waals surface area contributed by atoms with Crippen molar-refractivity contribution in [2.75, 3.05) is 63.6 Å². The van der Waals surface area contributed by atoms with E-state index < -0.39 is 0 Å². The van der Waals surface area contributed by atoms with E-state index in [-0.39, 0.29) is 5.91 Å². The van der Waals surface area contributed by atoms with Gasteiger partial charge in [0.25, 0.3) is 5.91 Å². The highest BCUT2D eigenvalue weighted by Crippen LogP contribution is 2.18. The van der Waals surface area contributed by atoms with E-state index in [1.54, 1.807) is 12.3 Å². The Bertz CT molecular complexity index is 771. The third-order valence-electron chi connectivity index (χ3n) is 4.65. The van der Waals surface area contributed by atoms with Crippen molar-refractivity contribution in [1.82, 2.24) is 19.8 Å². The minimum absolute atomic E-state index is 0.0306. The summed E-state index contributed by atoms with van der Waals surface area (Å²) in [5.41, 5.74) is 2.92. The fourth-order valence-electron chi connectivity index (χ4n) is 3.11. The summed E-state index contributed by atoms with van der Waals surface area (Å²) < 4.78 is 0. The molecule has 0 radical (unpaired) electrons. The minimum atomic E-state index is -0.0306. The number of aromatic nitrogens is 2. The number of anilines is 2. The van der Waals surface area contributed by atoms with Gasteiger partial charge in [-0.15, -0.1) is 0 Å². The summed E-state index contributed by atoms with van der Waals surface area (Å²) in [7, 11) is 4.03. The van der Waals surface area contributed by atoms with Gasteiger partial charge in [0.1, 0.15) is 5.69 Å². The Balaban J connectivity index is 1.57. The molecule has 0 unspecified atom stereocenters. The zero-order valence-electron chi connectivity index (χ0n) is 16.4. The number of nitrogens with one attached hydrogen (secondary N) is 1. The molecule has 1 aromatic heterocycles. The van der Waals surface area contributed by atoms with E-state index >= 15 is 0 Å². The molecule has 1 fully saturated rings. The second-order valence-electron chi connectivity index (χ2n) is 7.11. The lowest BCUT2D eigenvalue weighted by Crippen LogP contribution is -2.49. The van der Waals surface area contributed by atoms with Crippen molar-refractivity contribution in [3.05, 3.63) is 47.8 Å². The van der Waals surface area contributed by atoms with E-state index in [1.165, 1.54) is 11.3 Å². The number of amides is 1. The van der Waals surface area contributed by atoms with Gasteiger partial charge in [-0.25, -0.2) is 9.97 Å². The van der Waals surface area contributed by atoms with Gasteiger partial charge in [-0.2, -0.15) is 0 Å². The van der Waals surface area contributed by atoms with Crippen molar-refractivity contribution < 1.29 is 4.79 Å². The molecule has 0 saturated carbocycles. The fraction of sp³-hybridized carbons (Fsp3) is 0.450. The van der Waals surface area contributed by atoms with Crippen LogP contribution >= 0.6 is 0 Å². The van der Waals surface area contributed by atoms with Crippen LogP contribution in [0, 0.1) is 6.92 Å². The average Bonchev–Trinajstić information content (AvgIpc) is 2.67. The smallest absolute Gasteiger partial charge is 0.272 e. The van der Waals surface area contributed by atoms with Crippen LogP contribution in [0.1, 0.15) is 16.1 Å². The highest BCUT2D eigenvalue weighted by atomic mass is 16.2. The number of piperazine rings is 1. The summed E-state index contributed by atoms with van der Waals surface area (Å²) in [5, 5.41) is 3.17. The first-order valence-corrected chi connectivity index (χ1v) is 9.35. The number of hydrogen-bond donors (Lipinski definition) is 1. The molecule has 2 aromatic rings. The van der Waals surface area contributed by atoms with Gasteiger partial charge < -0.3 is 20.0 Å². The van der Waals surface area contributed by atoms with E-state index in [4.69, 9.17) is 0 Å². The van der Waals surface area contributed by atoms with Crippen LogP contribution in [0.2, 0.25) is 0 Å². The Labute approximate surface area is 161 Å². The second-order valence-corrected chi connectivity index (χ2v) is 7.11. The molecule has 0 aliphatic carbocycles. The molecule has 27 heavy (non-hydrogen) atoms. The number of benzene rings is 1.